The number of aliphatic hydroxyl groups is 2. The molecule has 4 atom stereocenters. The molecule has 0 bridgehead atoms. The molecule has 0 amide bonds. The summed E-state index contributed by atoms with van der Waals surface area (Å²) in [6.45, 7) is 1.95. The minimum Gasteiger partial charge on any atom is -0.394 e. The number of nitrogens with zero attached hydrogens (tertiary/aromatic N) is 2. The van der Waals surface area contributed by atoms with E-state index in [2.05, 4.69) is 5.09 Å². The van der Waals surface area contributed by atoms with Crippen LogP contribution in [0.4, 0.5) is 4.39 Å². The summed E-state index contributed by atoms with van der Waals surface area (Å²) in [7, 11) is -2.84. The van der Waals surface area contributed by atoms with Gasteiger partial charge in [-0.25, -0.2) is 14.6 Å². The quantitative estimate of drug-likeness (QED) is 0.300. The van der Waals surface area contributed by atoms with Crippen LogP contribution in [0.25, 0.3) is 0 Å². The molecule has 2 saturated heterocycles. The Morgan fingerprint density at radius 1 is 1.35 bits per heavy atom. The summed E-state index contributed by atoms with van der Waals surface area (Å²) in [5.41, 5.74) is -1.93. The van der Waals surface area contributed by atoms with Gasteiger partial charge < -0.3 is 19.5 Å². The van der Waals surface area contributed by atoms with Crippen LogP contribution in [0.15, 0.2) is 15.8 Å². The molecule has 178 valence electrons. The minimum absolute atomic E-state index is 0.0383. The van der Waals surface area contributed by atoms with Gasteiger partial charge in [-0.05, 0) is 6.42 Å². The zero-order valence-electron chi connectivity index (χ0n) is 16.6. The number of H-pyrrole nitrogens is 1. The second-order valence-electron chi connectivity index (χ2n) is 6.71. The van der Waals surface area contributed by atoms with Crippen LogP contribution in [0.5, 0.6) is 0 Å². The highest BCUT2D eigenvalue weighted by Gasteiger charge is 2.35. The molecule has 2 fully saturated rings. The zero-order valence-corrected chi connectivity index (χ0v) is 19.0. The number of hydrogen-bond acceptors (Lipinski definition) is 7. The van der Waals surface area contributed by atoms with Crippen LogP contribution in [-0.2, 0) is 13.8 Å². The average molecular weight is 507 g/mol. The van der Waals surface area contributed by atoms with Gasteiger partial charge in [0.1, 0.15) is 12.3 Å². The molecular weight excluding hydrogens is 481 g/mol. The number of hydrogen-bond donors (Lipinski definition) is 4. The normalized spacial score (nSPS) is 28.9. The van der Waals surface area contributed by atoms with Crippen molar-refractivity contribution in [3.63, 3.8) is 0 Å². The van der Waals surface area contributed by atoms with Gasteiger partial charge >= 0.3 is 13.4 Å². The average Bonchev–Trinajstić information content (AvgIpc) is 3.12. The van der Waals surface area contributed by atoms with Crippen molar-refractivity contribution in [2.24, 2.45) is 0 Å². The van der Waals surface area contributed by atoms with Gasteiger partial charge in [-0.15, -0.1) is 23.2 Å². The number of aliphatic hydroxyl groups excluding tert-OH is 2. The Bertz CT molecular complexity index is 871. The second kappa shape index (κ2) is 12.4. The van der Waals surface area contributed by atoms with Crippen molar-refractivity contribution in [3.05, 3.63) is 32.9 Å². The van der Waals surface area contributed by atoms with Gasteiger partial charge in [0.2, 0.25) is 5.82 Å². The maximum atomic E-state index is 13.0. The topological polar surface area (TPSA) is 146 Å². The van der Waals surface area contributed by atoms with E-state index in [1.54, 1.807) is 9.65 Å². The third kappa shape index (κ3) is 7.08. The van der Waals surface area contributed by atoms with E-state index >= 15 is 0 Å². The summed E-state index contributed by atoms with van der Waals surface area (Å²) in [6, 6.07) is 0. The summed E-state index contributed by atoms with van der Waals surface area (Å²) >= 11 is 11.1. The number of ether oxygens (including phenoxy) is 1. The molecule has 1 aromatic heterocycles. The van der Waals surface area contributed by atoms with Crippen LogP contribution in [-0.4, -0.2) is 81.3 Å². The van der Waals surface area contributed by atoms with Gasteiger partial charge in [0.05, 0.1) is 25.5 Å². The van der Waals surface area contributed by atoms with Crippen molar-refractivity contribution in [2.45, 2.75) is 31.3 Å². The zero-order chi connectivity index (χ0) is 23.0. The summed E-state index contributed by atoms with van der Waals surface area (Å²) < 4.78 is 38.3. The fraction of sp³-hybridized carbons (Fsp3) is 0.750. The lowest BCUT2D eigenvalue weighted by atomic mass is 10.2. The third-order valence-corrected chi connectivity index (χ3v) is 7.23. The van der Waals surface area contributed by atoms with Gasteiger partial charge in [-0.3, -0.25) is 18.9 Å². The lowest BCUT2D eigenvalue weighted by Crippen LogP contribution is -2.36. The summed E-state index contributed by atoms with van der Waals surface area (Å²) in [6.07, 6.45) is -1.01. The number of halogens is 3. The lowest BCUT2D eigenvalue weighted by Gasteiger charge is -2.34. The number of aromatic nitrogens is 2. The van der Waals surface area contributed by atoms with E-state index in [4.69, 9.17) is 37.6 Å². The Morgan fingerprint density at radius 2 is 2.10 bits per heavy atom. The van der Waals surface area contributed by atoms with E-state index in [1.165, 1.54) is 0 Å². The SMILES string of the molecule is O=P1(NCCCl)OCCCN1CCCl.O=c1[nH]c(=O)n([C@H]2C[C@H](O)[C@@H](CO)O2)cc1F. The van der Waals surface area contributed by atoms with E-state index < -0.39 is 49.8 Å². The first-order valence-electron chi connectivity index (χ1n) is 9.58. The lowest BCUT2D eigenvalue weighted by molar-refractivity contribution is -0.0462. The van der Waals surface area contributed by atoms with Gasteiger partial charge in [0, 0.05) is 37.8 Å². The molecular formula is C16H26Cl2FN4O7P. The molecule has 15 heteroatoms. The Morgan fingerprint density at radius 3 is 2.71 bits per heavy atom. The molecule has 0 radical (unpaired) electrons. The first kappa shape index (κ1) is 26.4. The second-order valence-corrected chi connectivity index (χ2v) is 9.64. The van der Waals surface area contributed by atoms with E-state index in [1.807, 2.05) is 0 Å². The predicted octanol–water partition coefficient (Wildman–Crippen LogP) is 0.200. The molecule has 4 N–H and O–H groups in total. The van der Waals surface area contributed by atoms with Crippen LogP contribution >= 0.6 is 30.9 Å². The molecule has 3 rings (SSSR count). The fourth-order valence-electron chi connectivity index (χ4n) is 3.04. The van der Waals surface area contributed by atoms with Gasteiger partial charge in [0.15, 0.2) is 0 Å². The standard InChI is InChI=1S/C9H11FN2O5.C7H15Cl2N2O2P/c10-4-2-12(9(16)11-8(4)15)7-1-5(14)6(3-13)17-7;8-2-4-10-14(12)11(6-3-9)5-1-7-13-14/h2,5-7,13-14H,1,3H2,(H,11,15,16);1-7H2,(H,10,12)/t5-,6+,7+;/m0./s1. The van der Waals surface area contributed by atoms with E-state index in [-0.39, 0.29) is 6.42 Å². The largest absolute Gasteiger partial charge is 0.394 e. The predicted molar refractivity (Wildman–Crippen MR) is 112 cm³/mol. The van der Waals surface area contributed by atoms with Crippen molar-refractivity contribution in [2.75, 3.05) is 44.6 Å². The molecule has 11 nitrogen and oxygen atoms in total. The summed E-state index contributed by atoms with van der Waals surface area (Å²) in [5.74, 6) is -0.243. The maximum absolute atomic E-state index is 13.0. The minimum atomic E-state index is -2.84. The third-order valence-electron chi connectivity index (χ3n) is 4.57. The van der Waals surface area contributed by atoms with E-state index in [0.29, 0.717) is 31.5 Å². The highest BCUT2D eigenvalue weighted by Crippen LogP contribution is 2.48. The summed E-state index contributed by atoms with van der Waals surface area (Å²) in [4.78, 5) is 24.0. The molecule has 2 aliphatic heterocycles. The van der Waals surface area contributed by atoms with E-state index in [0.717, 1.165) is 23.7 Å². The van der Waals surface area contributed by atoms with Crippen molar-refractivity contribution in [3.8, 4) is 0 Å². The van der Waals surface area contributed by atoms with E-state index in [9.17, 15) is 23.7 Å². The van der Waals surface area contributed by atoms with Crippen LogP contribution in [0.1, 0.15) is 19.1 Å². The van der Waals surface area contributed by atoms with Crippen molar-refractivity contribution in [1.29, 1.82) is 0 Å². The molecule has 1 unspecified atom stereocenters. The highest BCUT2D eigenvalue weighted by molar-refractivity contribution is 7.54. The van der Waals surface area contributed by atoms with Crippen molar-refractivity contribution >= 4 is 30.9 Å². The molecule has 0 saturated carbocycles. The Balaban J connectivity index is 0.000000225. The molecule has 0 aliphatic carbocycles. The number of aromatic amines is 1. The molecule has 3 heterocycles. The first-order chi connectivity index (χ1) is 14.8. The Kier molecular flexibility index (Phi) is 10.6. The van der Waals surface area contributed by atoms with Crippen LogP contribution in [0, 0.1) is 5.82 Å². The van der Waals surface area contributed by atoms with Gasteiger partial charge in [0.25, 0.3) is 5.56 Å². The molecule has 1 aromatic rings. The molecule has 0 aromatic carbocycles. The van der Waals surface area contributed by atoms with Crippen LogP contribution < -0.4 is 16.3 Å². The molecule has 31 heavy (non-hydrogen) atoms. The van der Waals surface area contributed by atoms with Crippen molar-refractivity contribution < 1.29 is 28.4 Å². The smallest absolute Gasteiger partial charge is 0.343 e. The Labute approximate surface area is 187 Å². The number of rotatable bonds is 7. The number of nitrogens with one attached hydrogen (secondary N) is 2. The van der Waals surface area contributed by atoms with Crippen LogP contribution in [0.2, 0.25) is 0 Å². The Hall–Kier alpha value is -0.820. The maximum Gasteiger partial charge on any atom is 0.343 e. The van der Waals surface area contributed by atoms with Gasteiger partial charge in [-0.2, -0.15) is 4.39 Å². The fourth-order valence-corrected chi connectivity index (χ4v) is 5.59. The molecule has 2 aliphatic rings. The summed E-state index contributed by atoms with van der Waals surface area (Å²) in [5, 5.41) is 21.2. The van der Waals surface area contributed by atoms with Crippen LogP contribution in [0.3, 0.4) is 0 Å². The monoisotopic (exact) mass is 506 g/mol. The first-order valence-corrected chi connectivity index (χ1v) is 12.2. The highest BCUT2D eigenvalue weighted by atomic mass is 35.5. The van der Waals surface area contributed by atoms with Crippen molar-refractivity contribution in [1.82, 2.24) is 19.3 Å². The number of alkyl halides is 2. The molecule has 0 spiro atoms. The van der Waals surface area contributed by atoms with Gasteiger partial charge in [-0.1, -0.05) is 0 Å².